The van der Waals surface area contributed by atoms with Gasteiger partial charge < -0.3 is 20.1 Å². The zero-order valence-corrected chi connectivity index (χ0v) is 22.7. The van der Waals surface area contributed by atoms with Crippen molar-refractivity contribution in [3.05, 3.63) is 113 Å². The van der Waals surface area contributed by atoms with Gasteiger partial charge in [-0.05, 0) is 53.8 Å². The monoisotopic (exact) mass is 532 g/mol. The van der Waals surface area contributed by atoms with E-state index in [9.17, 15) is 15.2 Å². The Kier molecular flexibility index (Phi) is 8.09. The van der Waals surface area contributed by atoms with Crippen molar-refractivity contribution in [2.45, 2.75) is 46.1 Å². The van der Waals surface area contributed by atoms with Crippen molar-refractivity contribution in [1.82, 2.24) is 9.88 Å². The Balaban J connectivity index is 1.40. The number of carbonyl (C=O) groups is 1. The van der Waals surface area contributed by atoms with Crippen LogP contribution in [-0.4, -0.2) is 33.5 Å². The van der Waals surface area contributed by atoms with Gasteiger partial charge in [0.05, 0.1) is 18.1 Å². The highest BCUT2D eigenvalue weighted by atomic mass is 16.5. The Hall–Kier alpha value is -4.67. The minimum Gasteiger partial charge on any atom is -0.488 e. The summed E-state index contributed by atoms with van der Waals surface area (Å²) in [5.74, 6) is 0.567. The molecule has 0 saturated carbocycles. The standard InChI is InChI=1S/C33H32N4O3/c1-22-11-28(19-37-20-29(38)13-33(37)39)32(40-21-25-12-24(15-34)16-35-17-25)14-31(22)36-18-27-9-6-10-30(23(27)2)26-7-4-3-5-8-26/h3-12,14,16-17,29,36,38H,13,18-21H2,1-2H3/t29-/m0/s1. The average molecular weight is 533 g/mol. The topological polar surface area (TPSA) is 98.5 Å². The molecule has 1 atom stereocenters. The van der Waals surface area contributed by atoms with Gasteiger partial charge in [-0.25, -0.2) is 0 Å². The van der Waals surface area contributed by atoms with E-state index < -0.39 is 6.10 Å². The third-order valence-corrected chi connectivity index (χ3v) is 7.28. The van der Waals surface area contributed by atoms with Gasteiger partial charge in [0.25, 0.3) is 0 Å². The van der Waals surface area contributed by atoms with Gasteiger partial charge in [0.2, 0.25) is 5.91 Å². The van der Waals surface area contributed by atoms with Crippen LogP contribution in [0.5, 0.6) is 5.75 Å². The largest absolute Gasteiger partial charge is 0.488 e. The van der Waals surface area contributed by atoms with Crippen LogP contribution in [0.4, 0.5) is 5.69 Å². The van der Waals surface area contributed by atoms with Crippen LogP contribution in [0.15, 0.2) is 79.1 Å². The molecule has 0 radical (unpaired) electrons. The van der Waals surface area contributed by atoms with E-state index in [-0.39, 0.29) is 18.9 Å². The Morgan fingerprint density at radius 3 is 2.65 bits per heavy atom. The van der Waals surface area contributed by atoms with E-state index in [0.717, 1.165) is 22.4 Å². The number of hydrogen-bond donors (Lipinski definition) is 2. The molecule has 0 unspecified atom stereocenters. The Bertz CT molecular complexity index is 1560. The predicted molar refractivity (Wildman–Crippen MR) is 154 cm³/mol. The second-order valence-corrected chi connectivity index (χ2v) is 10.2. The Morgan fingerprint density at radius 1 is 1.07 bits per heavy atom. The summed E-state index contributed by atoms with van der Waals surface area (Å²) in [6, 6.07) is 24.6. The molecule has 1 aliphatic heterocycles. The molecule has 2 N–H and O–H groups in total. The van der Waals surface area contributed by atoms with Crippen LogP contribution in [0.1, 0.15) is 39.8 Å². The number of hydrogen-bond acceptors (Lipinski definition) is 6. The highest BCUT2D eigenvalue weighted by Gasteiger charge is 2.28. The zero-order valence-electron chi connectivity index (χ0n) is 22.7. The van der Waals surface area contributed by atoms with E-state index >= 15 is 0 Å². The molecule has 4 aromatic rings. The molecule has 2 heterocycles. The second kappa shape index (κ2) is 12.0. The van der Waals surface area contributed by atoms with Gasteiger partial charge in [0.1, 0.15) is 18.4 Å². The predicted octanol–water partition coefficient (Wildman–Crippen LogP) is 5.52. The highest BCUT2D eigenvalue weighted by molar-refractivity contribution is 5.79. The van der Waals surface area contributed by atoms with Gasteiger partial charge in [-0.1, -0.05) is 48.5 Å². The number of carbonyl (C=O) groups excluding carboxylic acids is 1. The fraction of sp³-hybridized carbons (Fsp3) is 0.242. The van der Waals surface area contributed by atoms with Gasteiger partial charge in [-0.15, -0.1) is 0 Å². The number of nitrogens with zero attached hydrogens (tertiary/aromatic N) is 3. The molecule has 202 valence electrons. The first kappa shape index (κ1) is 26.9. The number of nitriles is 1. The van der Waals surface area contributed by atoms with E-state index in [1.165, 1.54) is 28.5 Å². The van der Waals surface area contributed by atoms with Crippen molar-refractivity contribution in [2.75, 3.05) is 11.9 Å². The number of pyridine rings is 1. The highest BCUT2D eigenvalue weighted by Crippen LogP contribution is 2.32. The van der Waals surface area contributed by atoms with Gasteiger partial charge in [-0.3, -0.25) is 9.78 Å². The van der Waals surface area contributed by atoms with Crippen molar-refractivity contribution in [3.63, 3.8) is 0 Å². The molecule has 3 aromatic carbocycles. The summed E-state index contributed by atoms with van der Waals surface area (Å²) in [5.41, 5.74) is 8.89. The lowest BCUT2D eigenvalue weighted by atomic mass is 9.96. The van der Waals surface area contributed by atoms with E-state index in [2.05, 4.69) is 65.8 Å². The average Bonchev–Trinajstić information content (AvgIpc) is 3.29. The number of amides is 1. The number of anilines is 1. The molecule has 1 fully saturated rings. The summed E-state index contributed by atoms with van der Waals surface area (Å²) >= 11 is 0. The summed E-state index contributed by atoms with van der Waals surface area (Å²) in [4.78, 5) is 18.2. The molecule has 0 spiro atoms. The molecule has 0 aliphatic carbocycles. The first-order valence-electron chi connectivity index (χ1n) is 13.3. The molecular formula is C33H32N4O3. The SMILES string of the molecule is Cc1cc(CN2C[C@@H](O)CC2=O)c(OCc2cncc(C#N)c2)cc1NCc1cccc(-c2ccccc2)c1C. The minimum atomic E-state index is -0.645. The smallest absolute Gasteiger partial charge is 0.225 e. The van der Waals surface area contributed by atoms with Crippen LogP contribution >= 0.6 is 0 Å². The molecule has 1 aromatic heterocycles. The minimum absolute atomic E-state index is 0.0713. The van der Waals surface area contributed by atoms with Crippen LogP contribution < -0.4 is 10.1 Å². The van der Waals surface area contributed by atoms with Crippen LogP contribution in [0.25, 0.3) is 11.1 Å². The summed E-state index contributed by atoms with van der Waals surface area (Å²) < 4.78 is 6.25. The summed E-state index contributed by atoms with van der Waals surface area (Å²) in [6.45, 7) is 5.70. The van der Waals surface area contributed by atoms with Crippen molar-refractivity contribution in [1.29, 1.82) is 5.26 Å². The maximum Gasteiger partial charge on any atom is 0.225 e. The number of aromatic nitrogens is 1. The maximum atomic E-state index is 12.4. The molecule has 7 nitrogen and oxygen atoms in total. The molecule has 1 saturated heterocycles. The molecular weight excluding hydrogens is 500 g/mol. The zero-order chi connectivity index (χ0) is 28.1. The third kappa shape index (κ3) is 6.14. The maximum absolute atomic E-state index is 12.4. The fourth-order valence-corrected chi connectivity index (χ4v) is 5.09. The van der Waals surface area contributed by atoms with Crippen LogP contribution in [0, 0.1) is 25.2 Å². The van der Waals surface area contributed by atoms with Crippen LogP contribution in [-0.2, 0) is 24.5 Å². The Labute approximate surface area is 234 Å². The molecule has 5 rings (SSSR count). The van der Waals surface area contributed by atoms with Crippen molar-refractivity contribution >= 4 is 11.6 Å². The molecule has 0 bridgehead atoms. The number of β-amino-alcohol motifs (C(OH)–C–C–N with tert-alkyl or cyclic N) is 1. The third-order valence-electron chi connectivity index (χ3n) is 7.28. The van der Waals surface area contributed by atoms with Crippen LogP contribution in [0.3, 0.4) is 0 Å². The number of benzene rings is 3. The van der Waals surface area contributed by atoms with Crippen molar-refractivity contribution < 1.29 is 14.6 Å². The van der Waals surface area contributed by atoms with Crippen molar-refractivity contribution in [3.8, 4) is 22.9 Å². The summed E-state index contributed by atoms with van der Waals surface area (Å²) in [7, 11) is 0. The molecule has 1 aliphatic rings. The van der Waals surface area contributed by atoms with Crippen molar-refractivity contribution in [2.24, 2.45) is 0 Å². The van der Waals surface area contributed by atoms with Gasteiger partial charge in [0, 0.05) is 54.9 Å². The van der Waals surface area contributed by atoms with Gasteiger partial charge >= 0.3 is 0 Å². The quantitative estimate of drug-likeness (QED) is 0.295. The van der Waals surface area contributed by atoms with E-state index in [4.69, 9.17) is 4.74 Å². The second-order valence-electron chi connectivity index (χ2n) is 10.2. The summed E-state index contributed by atoms with van der Waals surface area (Å²) in [6.07, 6.45) is 2.69. The first-order chi connectivity index (χ1) is 19.4. The number of rotatable bonds is 9. The molecule has 1 amide bonds. The molecule has 40 heavy (non-hydrogen) atoms. The fourth-order valence-electron chi connectivity index (χ4n) is 5.09. The number of aliphatic hydroxyl groups excluding tert-OH is 1. The molecule has 7 heteroatoms. The number of ether oxygens (including phenoxy) is 1. The number of aryl methyl sites for hydroxylation is 1. The van der Waals surface area contributed by atoms with E-state index in [1.54, 1.807) is 17.2 Å². The number of likely N-dealkylation sites (tertiary alicyclic amines) is 1. The first-order valence-corrected chi connectivity index (χ1v) is 13.3. The van der Waals surface area contributed by atoms with Gasteiger partial charge in [0.15, 0.2) is 0 Å². The number of nitrogens with one attached hydrogen (secondary N) is 1. The lowest BCUT2D eigenvalue weighted by Crippen LogP contribution is -2.25. The Morgan fingerprint density at radius 2 is 1.90 bits per heavy atom. The van der Waals surface area contributed by atoms with Gasteiger partial charge in [-0.2, -0.15) is 5.26 Å². The normalized spacial score (nSPS) is 14.7. The van der Waals surface area contributed by atoms with E-state index in [0.29, 0.717) is 30.9 Å². The van der Waals surface area contributed by atoms with E-state index in [1.807, 2.05) is 25.1 Å². The lowest BCUT2D eigenvalue weighted by Gasteiger charge is -2.21. The lowest BCUT2D eigenvalue weighted by molar-refractivity contribution is -0.128. The summed E-state index contributed by atoms with van der Waals surface area (Å²) in [5, 5.41) is 22.8. The number of aliphatic hydroxyl groups is 1. The van der Waals surface area contributed by atoms with Crippen LogP contribution in [0.2, 0.25) is 0 Å².